The van der Waals surface area contributed by atoms with Crippen LogP contribution in [0.2, 0.25) is 0 Å². The fraction of sp³-hybridized carbons (Fsp3) is 0.667. The van der Waals surface area contributed by atoms with Gasteiger partial charge in [0, 0.05) is 45.2 Å². The van der Waals surface area contributed by atoms with Crippen LogP contribution < -0.4 is 0 Å². The van der Waals surface area contributed by atoms with Gasteiger partial charge in [-0.2, -0.15) is 9.57 Å². The van der Waals surface area contributed by atoms with E-state index in [0.29, 0.717) is 57.0 Å². The minimum atomic E-state index is -3.57. The fourth-order valence-electron chi connectivity index (χ4n) is 5.18. The zero-order valence-corrected chi connectivity index (χ0v) is 20.8. The normalized spacial score (nSPS) is 20.3. The third-order valence-corrected chi connectivity index (χ3v) is 8.99. The summed E-state index contributed by atoms with van der Waals surface area (Å²) in [6.45, 7) is 13.2. The van der Waals surface area contributed by atoms with Gasteiger partial charge in [-0.05, 0) is 50.7 Å². The Hall–Kier alpha value is -1.95. The number of nitriles is 1. The van der Waals surface area contributed by atoms with Gasteiger partial charge in [0.1, 0.15) is 6.04 Å². The number of hydrogen-bond donors (Lipinski definition) is 0. The maximum absolute atomic E-state index is 13.3. The Bertz CT molecular complexity index is 960. The molecule has 7 nitrogen and oxygen atoms in total. The van der Waals surface area contributed by atoms with Gasteiger partial charge in [0.05, 0.1) is 11.0 Å². The number of piperazine rings is 1. The first-order valence-electron chi connectivity index (χ1n) is 11.6. The second-order valence-electron chi connectivity index (χ2n) is 9.59. The number of rotatable bonds is 5. The van der Waals surface area contributed by atoms with Crippen molar-refractivity contribution in [2.75, 3.05) is 39.3 Å². The summed E-state index contributed by atoms with van der Waals surface area (Å²) in [6, 6.07) is 6.08. The number of sulfonamides is 1. The number of nitrogens with zero attached hydrogens (tertiary/aromatic N) is 4. The van der Waals surface area contributed by atoms with Gasteiger partial charge in [0.25, 0.3) is 0 Å². The largest absolute Gasteiger partial charge is 0.340 e. The number of carbonyl (C=O) groups is 1. The van der Waals surface area contributed by atoms with Crippen LogP contribution in [-0.2, 0) is 14.8 Å². The molecule has 1 aromatic rings. The first-order valence-corrected chi connectivity index (χ1v) is 13.0. The molecule has 2 saturated heterocycles. The lowest BCUT2D eigenvalue weighted by Crippen LogP contribution is -2.54. The molecule has 0 saturated carbocycles. The summed E-state index contributed by atoms with van der Waals surface area (Å²) in [7, 11) is -3.57. The molecule has 0 N–H and O–H groups in total. The average molecular weight is 461 g/mol. The lowest BCUT2D eigenvalue weighted by atomic mass is 9.96. The second-order valence-corrected chi connectivity index (χ2v) is 11.5. The fourth-order valence-corrected chi connectivity index (χ4v) is 7.06. The van der Waals surface area contributed by atoms with Gasteiger partial charge >= 0.3 is 0 Å². The van der Waals surface area contributed by atoms with E-state index in [0.717, 1.165) is 16.7 Å². The molecule has 0 bridgehead atoms. The molecule has 3 rings (SSSR count). The summed E-state index contributed by atoms with van der Waals surface area (Å²) in [5.41, 5.74) is 2.60. The Morgan fingerprint density at radius 1 is 1.00 bits per heavy atom. The molecule has 1 atom stereocenters. The summed E-state index contributed by atoms with van der Waals surface area (Å²) in [6.07, 6.45) is 1.10. The average Bonchev–Trinajstić information content (AvgIpc) is 2.73. The van der Waals surface area contributed by atoms with Crippen LogP contribution in [0.3, 0.4) is 0 Å². The van der Waals surface area contributed by atoms with Crippen molar-refractivity contribution in [3.05, 3.63) is 28.8 Å². The van der Waals surface area contributed by atoms with E-state index in [1.165, 1.54) is 0 Å². The Kier molecular flexibility index (Phi) is 7.64. The molecule has 1 aromatic carbocycles. The summed E-state index contributed by atoms with van der Waals surface area (Å²) >= 11 is 0. The van der Waals surface area contributed by atoms with Gasteiger partial charge in [-0.15, -0.1) is 0 Å². The quantitative estimate of drug-likeness (QED) is 0.675. The van der Waals surface area contributed by atoms with Gasteiger partial charge in [-0.1, -0.05) is 31.5 Å². The molecule has 1 amide bonds. The zero-order chi connectivity index (χ0) is 23.6. The molecular formula is C24H36N4O3S. The van der Waals surface area contributed by atoms with Crippen molar-refractivity contribution in [2.24, 2.45) is 11.8 Å². The molecule has 0 aliphatic carbocycles. The summed E-state index contributed by atoms with van der Waals surface area (Å²) in [5, 5.41) is 9.42. The number of piperidine rings is 1. The highest BCUT2D eigenvalue weighted by Crippen LogP contribution is 2.29. The molecule has 0 radical (unpaired) electrons. The topological polar surface area (TPSA) is 84.7 Å². The lowest BCUT2D eigenvalue weighted by Gasteiger charge is -2.40. The highest BCUT2D eigenvalue weighted by atomic mass is 32.2. The third kappa shape index (κ3) is 5.00. The number of aryl methyl sites for hydroxylation is 3. The molecule has 2 heterocycles. The Balaban J connectivity index is 1.59. The second kappa shape index (κ2) is 9.90. The van der Waals surface area contributed by atoms with E-state index in [-0.39, 0.29) is 23.8 Å². The van der Waals surface area contributed by atoms with Crippen LogP contribution in [0.4, 0.5) is 0 Å². The molecule has 2 aliphatic heterocycles. The Morgan fingerprint density at radius 2 is 1.53 bits per heavy atom. The predicted molar refractivity (Wildman–Crippen MR) is 125 cm³/mol. The van der Waals surface area contributed by atoms with Crippen molar-refractivity contribution in [1.29, 1.82) is 5.26 Å². The lowest BCUT2D eigenvalue weighted by molar-refractivity contribution is -0.138. The minimum Gasteiger partial charge on any atom is -0.340 e. The molecule has 8 heteroatoms. The number of amides is 1. The molecule has 32 heavy (non-hydrogen) atoms. The van der Waals surface area contributed by atoms with E-state index in [9.17, 15) is 18.5 Å². The van der Waals surface area contributed by atoms with E-state index in [1.54, 1.807) is 4.31 Å². The smallest absolute Gasteiger partial charge is 0.243 e. The SMILES string of the molecule is Cc1cc(C)c(S(=O)(=O)N2CCC(C(=O)N3CCN(C(C#N)C(C)C)CC3)CC2)c(C)c1. The van der Waals surface area contributed by atoms with Crippen LogP contribution in [0.25, 0.3) is 0 Å². The molecular weight excluding hydrogens is 424 g/mol. The highest BCUT2D eigenvalue weighted by molar-refractivity contribution is 7.89. The van der Waals surface area contributed by atoms with Crippen molar-refractivity contribution in [1.82, 2.24) is 14.1 Å². The summed E-state index contributed by atoms with van der Waals surface area (Å²) in [5.74, 6) is 0.252. The Labute approximate surface area is 193 Å². The van der Waals surface area contributed by atoms with Crippen molar-refractivity contribution in [3.63, 3.8) is 0 Å². The van der Waals surface area contributed by atoms with Gasteiger partial charge < -0.3 is 4.90 Å². The zero-order valence-electron chi connectivity index (χ0n) is 20.0. The standard InChI is InChI=1S/C24H36N4O3S/c1-17(2)22(16-25)26-10-12-27(13-11-26)24(29)21-6-8-28(9-7-21)32(30,31)23-19(4)14-18(3)15-20(23)5/h14-15,17,21-22H,6-13H2,1-5H3. The van der Waals surface area contributed by atoms with Crippen molar-refractivity contribution < 1.29 is 13.2 Å². The van der Waals surface area contributed by atoms with E-state index < -0.39 is 10.0 Å². The maximum atomic E-state index is 13.3. The monoisotopic (exact) mass is 460 g/mol. The van der Waals surface area contributed by atoms with E-state index in [4.69, 9.17) is 0 Å². The molecule has 0 aromatic heterocycles. The molecule has 176 valence electrons. The molecule has 2 aliphatic rings. The minimum absolute atomic E-state index is 0.116. The molecule has 0 spiro atoms. The van der Waals surface area contributed by atoms with Gasteiger partial charge in [0.2, 0.25) is 15.9 Å². The van der Waals surface area contributed by atoms with E-state index in [1.807, 2.05) is 51.7 Å². The van der Waals surface area contributed by atoms with Crippen LogP contribution in [0.1, 0.15) is 43.4 Å². The third-order valence-electron chi connectivity index (χ3n) is 6.79. The Morgan fingerprint density at radius 3 is 2.00 bits per heavy atom. The van der Waals surface area contributed by atoms with Crippen LogP contribution in [-0.4, -0.2) is 73.7 Å². The van der Waals surface area contributed by atoms with Crippen molar-refractivity contribution in [3.8, 4) is 6.07 Å². The first-order chi connectivity index (χ1) is 15.1. The van der Waals surface area contributed by atoms with Crippen LogP contribution >= 0.6 is 0 Å². The molecule has 1 unspecified atom stereocenters. The predicted octanol–water partition coefficient (Wildman–Crippen LogP) is 2.70. The van der Waals surface area contributed by atoms with Gasteiger partial charge in [-0.3, -0.25) is 9.69 Å². The van der Waals surface area contributed by atoms with Crippen LogP contribution in [0.15, 0.2) is 17.0 Å². The molecule has 2 fully saturated rings. The maximum Gasteiger partial charge on any atom is 0.243 e. The van der Waals surface area contributed by atoms with Gasteiger partial charge in [0.15, 0.2) is 0 Å². The van der Waals surface area contributed by atoms with Crippen molar-refractivity contribution in [2.45, 2.75) is 58.4 Å². The number of hydrogen-bond acceptors (Lipinski definition) is 5. The van der Waals surface area contributed by atoms with Gasteiger partial charge in [-0.25, -0.2) is 8.42 Å². The van der Waals surface area contributed by atoms with Crippen molar-refractivity contribution >= 4 is 15.9 Å². The summed E-state index contributed by atoms with van der Waals surface area (Å²) < 4.78 is 28.1. The highest BCUT2D eigenvalue weighted by Gasteiger charge is 2.36. The number of benzene rings is 1. The van der Waals surface area contributed by atoms with E-state index >= 15 is 0 Å². The van der Waals surface area contributed by atoms with Crippen LogP contribution in [0, 0.1) is 43.9 Å². The number of carbonyl (C=O) groups excluding carboxylic acids is 1. The summed E-state index contributed by atoms with van der Waals surface area (Å²) in [4.78, 5) is 17.5. The van der Waals surface area contributed by atoms with E-state index in [2.05, 4.69) is 11.0 Å². The first kappa shape index (κ1) is 24.7. The van der Waals surface area contributed by atoms with Crippen LogP contribution in [0.5, 0.6) is 0 Å².